The zero-order valence-corrected chi connectivity index (χ0v) is 9.80. The van der Waals surface area contributed by atoms with E-state index in [2.05, 4.69) is 9.97 Å². The molecule has 88 valence electrons. The Kier molecular flexibility index (Phi) is 3.35. The van der Waals surface area contributed by atoms with Crippen LogP contribution in [-0.2, 0) is 6.42 Å². The van der Waals surface area contributed by atoms with E-state index >= 15 is 0 Å². The van der Waals surface area contributed by atoms with Crippen molar-refractivity contribution in [3.8, 4) is 0 Å². The highest BCUT2D eigenvalue weighted by molar-refractivity contribution is 5.40. The Morgan fingerprint density at radius 2 is 2.12 bits per heavy atom. The second-order valence-electron chi connectivity index (χ2n) is 4.09. The van der Waals surface area contributed by atoms with E-state index in [0.29, 0.717) is 12.2 Å². The topological polar surface area (TPSA) is 77.8 Å². The first-order chi connectivity index (χ1) is 8.18. The van der Waals surface area contributed by atoms with E-state index in [9.17, 15) is 0 Å². The van der Waals surface area contributed by atoms with Crippen molar-refractivity contribution in [1.29, 1.82) is 0 Å². The molecule has 2 heterocycles. The van der Waals surface area contributed by atoms with Crippen LogP contribution < -0.4 is 11.5 Å². The van der Waals surface area contributed by atoms with Gasteiger partial charge in [-0.05, 0) is 42.2 Å². The lowest BCUT2D eigenvalue weighted by Gasteiger charge is -2.14. The molecule has 0 aliphatic carbocycles. The predicted octanol–water partition coefficient (Wildman–Crippen LogP) is 1.61. The highest BCUT2D eigenvalue weighted by Gasteiger charge is 2.11. The fourth-order valence-corrected chi connectivity index (χ4v) is 1.83. The molecule has 4 heteroatoms. The van der Waals surface area contributed by atoms with Crippen LogP contribution in [0.2, 0.25) is 0 Å². The molecule has 0 aliphatic rings. The maximum absolute atomic E-state index is 6.17. The van der Waals surface area contributed by atoms with E-state index in [1.54, 1.807) is 12.4 Å². The van der Waals surface area contributed by atoms with Crippen molar-refractivity contribution in [3.63, 3.8) is 0 Å². The summed E-state index contributed by atoms with van der Waals surface area (Å²) in [6.07, 6.45) is 5.93. The van der Waals surface area contributed by atoms with E-state index in [1.165, 1.54) is 0 Å². The molecule has 0 saturated heterocycles. The Morgan fingerprint density at radius 3 is 2.82 bits per heavy atom. The van der Waals surface area contributed by atoms with E-state index in [0.717, 1.165) is 16.7 Å². The average molecular weight is 228 g/mol. The van der Waals surface area contributed by atoms with Crippen LogP contribution >= 0.6 is 0 Å². The van der Waals surface area contributed by atoms with Crippen molar-refractivity contribution in [3.05, 3.63) is 53.5 Å². The lowest BCUT2D eigenvalue weighted by molar-refractivity contribution is 0.712. The SMILES string of the molecule is Cc1ccncc1C(N)Cc1cccnc1N. The van der Waals surface area contributed by atoms with Crippen molar-refractivity contribution >= 4 is 5.82 Å². The monoisotopic (exact) mass is 228 g/mol. The highest BCUT2D eigenvalue weighted by Crippen LogP contribution is 2.20. The van der Waals surface area contributed by atoms with E-state index in [1.807, 2.05) is 31.3 Å². The number of hydrogen-bond acceptors (Lipinski definition) is 4. The van der Waals surface area contributed by atoms with Crippen molar-refractivity contribution < 1.29 is 0 Å². The Balaban J connectivity index is 2.20. The minimum atomic E-state index is -0.102. The zero-order valence-electron chi connectivity index (χ0n) is 9.80. The van der Waals surface area contributed by atoms with Crippen LogP contribution in [0.4, 0.5) is 5.82 Å². The molecule has 1 atom stereocenters. The molecule has 0 aliphatic heterocycles. The average Bonchev–Trinajstić information content (AvgIpc) is 2.32. The second-order valence-corrected chi connectivity index (χ2v) is 4.09. The van der Waals surface area contributed by atoms with Gasteiger partial charge in [-0.25, -0.2) is 4.98 Å². The first-order valence-corrected chi connectivity index (χ1v) is 5.54. The smallest absolute Gasteiger partial charge is 0.126 e. The van der Waals surface area contributed by atoms with Gasteiger partial charge in [0.15, 0.2) is 0 Å². The van der Waals surface area contributed by atoms with Gasteiger partial charge in [0.05, 0.1) is 0 Å². The zero-order chi connectivity index (χ0) is 12.3. The number of aryl methyl sites for hydroxylation is 1. The number of nitrogen functional groups attached to an aromatic ring is 1. The Morgan fingerprint density at radius 1 is 1.29 bits per heavy atom. The first kappa shape index (κ1) is 11.5. The molecule has 17 heavy (non-hydrogen) atoms. The Labute approximate surface area is 101 Å². The van der Waals surface area contributed by atoms with Crippen LogP contribution in [0, 0.1) is 6.92 Å². The minimum Gasteiger partial charge on any atom is -0.383 e. The summed E-state index contributed by atoms with van der Waals surface area (Å²) in [6, 6.07) is 5.68. The van der Waals surface area contributed by atoms with Crippen LogP contribution in [-0.4, -0.2) is 9.97 Å². The number of nitrogens with two attached hydrogens (primary N) is 2. The molecule has 1 unspecified atom stereocenters. The largest absolute Gasteiger partial charge is 0.383 e. The number of hydrogen-bond donors (Lipinski definition) is 2. The van der Waals surface area contributed by atoms with Crippen LogP contribution in [0.1, 0.15) is 22.7 Å². The number of aromatic nitrogens is 2. The normalized spacial score (nSPS) is 12.4. The third-order valence-electron chi connectivity index (χ3n) is 2.84. The molecular formula is C13H16N4. The number of anilines is 1. The van der Waals surface area contributed by atoms with E-state index in [4.69, 9.17) is 11.5 Å². The summed E-state index contributed by atoms with van der Waals surface area (Å²) >= 11 is 0. The molecule has 4 N–H and O–H groups in total. The quantitative estimate of drug-likeness (QED) is 0.836. The summed E-state index contributed by atoms with van der Waals surface area (Å²) in [5.74, 6) is 0.546. The third kappa shape index (κ3) is 2.60. The van der Waals surface area contributed by atoms with Gasteiger partial charge >= 0.3 is 0 Å². The molecule has 0 bridgehead atoms. The fourth-order valence-electron chi connectivity index (χ4n) is 1.83. The van der Waals surface area contributed by atoms with Crippen molar-refractivity contribution in [1.82, 2.24) is 9.97 Å². The van der Waals surface area contributed by atoms with E-state index in [-0.39, 0.29) is 6.04 Å². The maximum Gasteiger partial charge on any atom is 0.126 e. The van der Waals surface area contributed by atoms with Gasteiger partial charge in [0, 0.05) is 24.6 Å². The van der Waals surface area contributed by atoms with Crippen molar-refractivity contribution in [2.45, 2.75) is 19.4 Å². The number of rotatable bonds is 3. The van der Waals surface area contributed by atoms with Gasteiger partial charge in [0.25, 0.3) is 0 Å². The molecule has 0 spiro atoms. The second kappa shape index (κ2) is 4.93. The standard InChI is InChI=1S/C13H16N4/c1-9-4-6-16-8-11(9)12(14)7-10-3-2-5-17-13(10)15/h2-6,8,12H,7,14H2,1H3,(H2,15,17). The van der Waals surface area contributed by atoms with Gasteiger partial charge in [-0.3, -0.25) is 4.98 Å². The van der Waals surface area contributed by atoms with Crippen molar-refractivity contribution in [2.75, 3.05) is 5.73 Å². The molecule has 0 saturated carbocycles. The van der Waals surface area contributed by atoms with Crippen LogP contribution in [0.25, 0.3) is 0 Å². The Hall–Kier alpha value is -1.94. The lowest BCUT2D eigenvalue weighted by Crippen LogP contribution is -2.16. The molecule has 0 aromatic carbocycles. The number of pyridine rings is 2. The lowest BCUT2D eigenvalue weighted by atomic mass is 9.98. The van der Waals surface area contributed by atoms with Gasteiger partial charge in [-0.2, -0.15) is 0 Å². The van der Waals surface area contributed by atoms with Gasteiger partial charge in [-0.1, -0.05) is 6.07 Å². The van der Waals surface area contributed by atoms with Crippen LogP contribution in [0.15, 0.2) is 36.8 Å². The molecule has 2 aromatic heterocycles. The number of nitrogens with zero attached hydrogens (tertiary/aromatic N) is 2. The van der Waals surface area contributed by atoms with Gasteiger partial charge in [-0.15, -0.1) is 0 Å². The summed E-state index contributed by atoms with van der Waals surface area (Å²) in [4.78, 5) is 8.16. The summed E-state index contributed by atoms with van der Waals surface area (Å²) in [5, 5.41) is 0. The Bertz CT molecular complexity index is 510. The molecule has 0 amide bonds. The third-order valence-corrected chi connectivity index (χ3v) is 2.84. The van der Waals surface area contributed by atoms with Gasteiger partial charge in [0.2, 0.25) is 0 Å². The van der Waals surface area contributed by atoms with Crippen molar-refractivity contribution in [2.24, 2.45) is 5.73 Å². The van der Waals surface area contributed by atoms with E-state index < -0.39 is 0 Å². The van der Waals surface area contributed by atoms with Crippen LogP contribution in [0.3, 0.4) is 0 Å². The molecule has 0 radical (unpaired) electrons. The molecule has 2 aromatic rings. The fraction of sp³-hybridized carbons (Fsp3) is 0.231. The summed E-state index contributed by atoms with van der Waals surface area (Å²) in [7, 11) is 0. The van der Waals surface area contributed by atoms with Gasteiger partial charge in [0.1, 0.15) is 5.82 Å². The maximum atomic E-state index is 6.17. The summed E-state index contributed by atoms with van der Waals surface area (Å²) in [5.41, 5.74) is 15.2. The summed E-state index contributed by atoms with van der Waals surface area (Å²) < 4.78 is 0. The van der Waals surface area contributed by atoms with Crippen LogP contribution in [0.5, 0.6) is 0 Å². The molecule has 2 rings (SSSR count). The molecule has 0 fully saturated rings. The molecular weight excluding hydrogens is 212 g/mol. The minimum absolute atomic E-state index is 0.102. The molecule has 4 nitrogen and oxygen atoms in total. The highest BCUT2D eigenvalue weighted by atomic mass is 14.8. The summed E-state index contributed by atoms with van der Waals surface area (Å²) in [6.45, 7) is 2.03. The van der Waals surface area contributed by atoms with Gasteiger partial charge < -0.3 is 11.5 Å². The first-order valence-electron chi connectivity index (χ1n) is 5.54. The predicted molar refractivity (Wildman–Crippen MR) is 68.3 cm³/mol.